The Labute approximate surface area is 214 Å². The van der Waals surface area contributed by atoms with E-state index in [-0.39, 0.29) is 5.41 Å². The standard InChI is InChI=1S/C28H39N7O/c1-19-8-9-21(28(2,3)4)17-22(19)30-26-24-25(29-18-33(24)5)31-27(32-26)35-14-10-20(11-15-35)16-23(36)34-12-6-7-13-34/h8-9,17-18,20H,6-7,10-16H2,1-5H3,(H,30,31,32). The van der Waals surface area contributed by atoms with Crippen molar-refractivity contribution in [2.75, 3.05) is 36.4 Å². The van der Waals surface area contributed by atoms with E-state index < -0.39 is 0 Å². The Morgan fingerprint density at radius 2 is 1.81 bits per heavy atom. The van der Waals surface area contributed by atoms with E-state index in [1.807, 2.05) is 16.5 Å². The molecule has 0 radical (unpaired) electrons. The second-order valence-corrected chi connectivity index (χ2v) is 11.5. The van der Waals surface area contributed by atoms with Crippen LogP contribution in [0.2, 0.25) is 0 Å². The summed E-state index contributed by atoms with van der Waals surface area (Å²) in [6, 6.07) is 6.59. The van der Waals surface area contributed by atoms with Crippen molar-refractivity contribution in [1.82, 2.24) is 24.4 Å². The highest BCUT2D eigenvalue weighted by Crippen LogP contribution is 2.32. The summed E-state index contributed by atoms with van der Waals surface area (Å²) in [7, 11) is 1.98. The molecule has 2 saturated heterocycles. The van der Waals surface area contributed by atoms with Crippen molar-refractivity contribution in [2.45, 2.75) is 65.2 Å². The molecule has 1 aromatic carbocycles. The lowest BCUT2D eigenvalue weighted by Gasteiger charge is -2.32. The number of carbonyl (C=O) groups is 1. The normalized spacial score (nSPS) is 17.2. The molecular formula is C28H39N7O. The summed E-state index contributed by atoms with van der Waals surface area (Å²) >= 11 is 0. The average molecular weight is 490 g/mol. The first kappa shape index (κ1) is 24.5. The number of piperidine rings is 1. The molecule has 0 unspecified atom stereocenters. The number of aromatic nitrogens is 4. The maximum Gasteiger partial charge on any atom is 0.229 e. The Hall–Kier alpha value is -3.16. The number of rotatable bonds is 5. The largest absolute Gasteiger partial charge is 0.343 e. The predicted octanol–water partition coefficient (Wildman–Crippen LogP) is 4.94. The van der Waals surface area contributed by atoms with E-state index in [9.17, 15) is 4.79 Å². The van der Waals surface area contributed by atoms with Crippen LogP contribution in [0.15, 0.2) is 24.5 Å². The Morgan fingerprint density at radius 1 is 1.08 bits per heavy atom. The van der Waals surface area contributed by atoms with E-state index in [1.54, 1.807) is 6.33 Å². The Morgan fingerprint density at radius 3 is 2.50 bits per heavy atom. The fourth-order valence-electron chi connectivity index (χ4n) is 5.30. The van der Waals surface area contributed by atoms with Crippen LogP contribution in [-0.4, -0.2) is 56.5 Å². The second kappa shape index (κ2) is 9.71. The highest BCUT2D eigenvalue weighted by Gasteiger charge is 2.27. The molecule has 192 valence electrons. The van der Waals surface area contributed by atoms with Gasteiger partial charge in [-0.25, -0.2) is 4.98 Å². The minimum Gasteiger partial charge on any atom is -0.343 e. The zero-order valence-corrected chi connectivity index (χ0v) is 22.3. The monoisotopic (exact) mass is 489 g/mol. The maximum atomic E-state index is 12.6. The van der Waals surface area contributed by atoms with Crippen LogP contribution in [0.4, 0.5) is 17.5 Å². The highest BCUT2D eigenvalue weighted by atomic mass is 16.2. The van der Waals surface area contributed by atoms with Crippen LogP contribution in [0.5, 0.6) is 0 Å². The molecule has 8 nitrogen and oxygen atoms in total. The van der Waals surface area contributed by atoms with Crippen molar-refractivity contribution in [1.29, 1.82) is 0 Å². The first-order valence-electron chi connectivity index (χ1n) is 13.3. The Bertz CT molecular complexity index is 1240. The van der Waals surface area contributed by atoms with E-state index in [2.05, 4.69) is 61.1 Å². The molecule has 2 aliphatic heterocycles. The summed E-state index contributed by atoms with van der Waals surface area (Å²) in [6.45, 7) is 12.4. The molecule has 36 heavy (non-hydrogen) atoms. The summed E-state index contributed by atoms with van der Waals surface area (Å²) in [5.41, 5.74) is 5.14. The zero-order chi connectivity index (χ0) is 25.4. The van der Waals surface area contributed by atoms with Crippen LogP contribution in [0.1, 0.15) is 64.0 Å². The highest BCUT2D eigenvalue weighted by molar-refractivity contribution is 5.87. The third kappa shape index (κ3) is 5.04. The molecule has 0 spiro atoms. The van der Waals surface area contributed by atoms with Crippen LogP contribution in [0.25, 0.3) is 11.2 Å². The van der Waals surface area contributed by atoms with Gasteiger partial charge in [0.2, 0.25) is 11.9 Å². The molecule has 2 fully saturated rings. The number of nitrogens with zero attached hydrogens (tertiary/aromatic N) is 6. The van der Waals surface area contributed by atoms with Gasteiger partial charge < -0.3 is 19.7 Å². The lowest BCUT2D eigenvalue weighted by molar-refractivity contribution is -0.131. The van der Waals surface area contributed by atoms with Crippen LogP contribution >= 0.6 is 0 Å². The van der Waals surface area contributed by atoms with Gasteiger partial charge >= 0.3 is 0 Å². The van der Waals surface area contributed by atoms with Gasteiger partial charge in [-0.2, -0.15) is 9.97 Å². The number of anilines is 3. The molecule has 2 aliphatic rings. The zero-order valence-electron chi connectivity index (χ0n) is 22.3. The molecule has 0 atom stereocenters. The van der Waals surface area contributed by atoms with Crippen molar-refractivity contribution in [3.8, 4) is 0 Å². The molecule has 2 aromatic heterocycles. The number of fused-ring (bicyclic) bond motifs is 1. The van der Waals surface area contributed by atoms with Crippen molar-refractivity contribution in [2.24, 2.45) is 13.0 Å². The van der Waals surface area contributed by atoms with Gasteiger partial charge in [0, 0.05) is 45.3 Å². The van der Waals surface area contributed by atoms with Gasteiger partial charge in [-0.05, 0) is 61.1 Å². The fraction of sp³-hybridized carbons (Fsp3) is 0.571. The number of hydrogen-bond acceptors (Lipinski definition) is 6. The minimum absolute atomic E-state index is 0.0588. The lowest BCUT2D eigenvalue weighted by atomic mass is 9.86. The van der Waals surface area contributed by atoms with Crippen LogP contribution in [-0.2, 0) is 17.3 Å². The smallest absolute Gasteiger partial charge is 0.229 e. The molecule has 1 N–H and O–H groups in total. The van der Waals surface area contributed by atoms with Crippen molar-refractivity contribution in [3.63, 3.8) is 0 Å². The molecule has 0 bridgehead atoms. The third-order valence-electron chi connectivity index (χ3n) is 7.74. The molecule has 8 heteroatoms. The van der Waals surface area contributed by atoms with Crippen molar-refractivity contribution >= 4 is 34.5 Å². The SMILES string of the molecule is Cc1ccc(C(C)(C)C)cc1Nc1nc(N2CCC(CC(=O)N3CCCC3)CC2)nc2ncn(C)c12. The number of nitrogens with one attached hydrogen (secondary N) is 1. The van der Waals surface area contributed by atoms with Gasteiger partial charge in [0.25, 0.3) is 0 Å². The van der Waals surface area contributed by atoms with Gasteiger partial charge in [-0.1, -0.05) is 32.9 Å². The van der Waals surface area contributed by atoms with Gasteiger partial charge in [0.05, 0.1) is 6.33 Å². The molecule has 0 saturated carbocycles. The number of aryl methyl sites for hydroxylation is 2. The minimum atomic E-state index is 0.0588. The quantitative estimate of drug-likeness (QED) is 0.547. The first-order chi connectivity index (χ1) is 17.2. The Balaban J connectivity index is 1.36. The number of amides is 1. The number of hydrogen-bond donors (Lipinski definition) is 1. The van der Waals surface area contributed by atoms with Gasteiger partial charge in [-0.15, -0.1) is 0 Å². The second-order valence-electron chi connectivity index (χ2n) is 11.5. The molecule has 1 amide bonds. The topological polar surface area (TPSA) is 79.2 Å². The summed E-state index contributed by atoms with van der Waals surface area (Å²) in [5.74, 6) is 2.25. The van der Waals surface area contributed by atoms with Gasteiger partial charge in [-0.3, -0.25) is 4.79 Å². The molecule has 5 rings (SSSR count). The van der Waals surface area contributed by atoms with Crippen LogP contribution in [0.3, 0.4) is 0 Å². The summed E-state index contributed by atoms with van der Waals surface area (Å²) < 4.78 is 1.97. The van der Waals surface area contributed by atoms with E-state index in [0.29, 0.717) is 29.8 Å². The summed E-state index contributed by atoms with van der Waals surface area (Å²) in [5, 5.41) is 3.61. The lowest BCUT2D eigenvalue weighted by Crippen LogP contribution is -2.37. The number of benzene rings is 1. The van der Waals surface area contributed by atoms with Crippen molar-refractivity contribution in [3.05, 3.63) is 35.7 Å². The number of likely N-dealkylation sites (tertiary alicyclic amines) is 1. The molecule has 3 aromatic rings. The van der Waals surface area contributed by atoms with Crippen molar-refractivity contribution < 1.29 is 4.79 Å². The number of imidazole rings is 1. The van der Waals surface area contributed by atoms with E-state index in [4.69, 9.17) is 9.97 Å². The Kier molecular flexibility index (Phi) is 6.62. The van der Waals surface area contributed by atoms with E-state index in [1.165, 1.54) is 11.1 Å². The molecular weight excluding hydrogens is 450 g/mol. The van der Waals surface area contributed by atoms with Gasteiger partial charge in [0.1, 0.15) is 5.52 Å². The predicted molar refractivity (Wildman–Crippen MR) is 145 cm³/mol. The van der Waals surface area contributed by atoms with Crippen LogP contribution in [0, 0.1) is 12.8 Å². The van der Waals surface area contributed by atoms with Gasteiger partial charge in [0.15, 0.2) is 11.5 Å². The average Bonchev–Trinajstić information content (AvgIpc) is 3.51. The fourth-order valence-corrected chi connectivity index (χ4v) is 5.30. The molecule has 0 aliphatic carbocycles. The van der Waals surface area contributed by atoms with Crippen LogP contribution < -0.4 is 10.2 Å². The third-order valence-corrected chi connectivity index (χ3v) is 7.74. The van der Waals surface area contributed by atoms with E-state index in [0.717, 1.165) is 68.9 Å². The van der Waals surface area contributed by atoms with E-state index >= 15 is 0 Å². The summed E-state index contributed by atoms with van der Waals surface area (Å²) in [4.78, 5) is 31.3. The molecule has 4 heterocycles. The summed E-state index contributed by atoms with van der Waals surface area (Å²) in [6.07, 6.45) is 6.73. The maximum absolute atomic E-state index is 12.6. The first-order valence-corrected chi connectivity index (χ1v) is 13.3. The number of carbonyl (C=O) groups excluding carboxylic acids is 1.